The van der Waals surface area contributed by atoms with Crippen LogP contribution in [0.4, 0.5) is 4.39 Å². The van der Waals surface area contributed by atoms with Crippen LogP contribution in [0, 0.1) is 5.82 Å². The van der Waals surface area contributed by atoms with Gasteiger partial charge in [0.2, 0.25) is 15.9 Å². The number of amides is 1. The van der Waals surface area contributed by atoms with Crippen molar-refractivity contribution >= 4 is 15.9 Å². The number of carbonyl (C=O) groups is 1. The first-order valence-corrected chi connectivity index (χ1v) is 9.76. The van der Waals surface area contributed by atoms with E-state index in [2.05, 4.69) is 4.72 Å². The molecule has 1 unspecified atom stereocenters. The number of carbonyl (C=O) groups excluding carboxylic acids is 1. The van der Waals surface area contributed by atoms with Crippen LogP contribution in [0.2, 0.25) is 0 Å². The number of nitrogens with zero attached hydrogens (tertiary/aromatic N) is 1. The van der Waals surface area contributed by atoms with E-state index in [0.717, 1.165) is 11.1 Å². The van der Waals surface area contributed by atoms with E-state index in [1.54, 1.807) is 36.2 Å². The van der Waals surface area contributed by atoms with E-state index in [9.17, 15) is 17.6 Å². The fraction of sp³-hybridized carbons (Fsp3) is 0.316. The van der Waals surface area contributed by atoms with Gasteiger partial charge in [0.05, 0.1) is 10.9 Å². The standard InChI is InChI=1S/C19H23FN2O3S/c1-14(16-7-9-17(20)10-8-16)22(3)19(23)13-6-15-4-11-18(12-5-15)26(24,25)21-2/h4-5,7-12,14,21H,6,13H2,1-3H3. The molecule has 2 aromatic rings. The number of hydrogen-bond donors (Lipinski definition) is 1. The second-order valence-electron chi connectivity index (χ2n) is 6.08. The summed E-state index contributed by atoms with van der Waals surface area (Å²) in [5.41, 5.74) is 1.75. The highest BCUT2D eigenvalue weighted by Gasteiger charge is 2.17. The van der Waals surface area contributed by atoms with E-state index in [-0.39, 0.29) is 22.7 Å². The molecular formula is C19H23FN2O3S. The largest absolute Gasteiger partial charge is 0.339 e. The van der Waals surface area contributed by atoms with Gasteiger partial charge in [-0.2, -0.15) is 0 Å². The van der Waals surface area contributed by atoms with Gasteiger partial charge in [0.15, 0.2) is 0 Å². The number of sulfonamides is 1. The van der Waals surface area contributed by atoms with Crippen LogP contribution in [0.5, 0.6) is 0 Å². The van der Waals surface area contributed by atoms with Crippen LogP contribution in [0.25, 0.3) is 0 Å². The molecule has 2 rings (SSSR count). The summed E-state index contributed by atoms with van der Waals surface area (Å²) in [6.07, 6.45) is 0.819. The summed E-state index contributed by atoms with van der Waals surface area (Å²) >= 11 is 0. The van der Waals surface area contributed by atoms with Gasteiger partial charge in [-0.15, -0.1) is 0 Å². The monoisotopic (exact) mass is 378 g/mol. The minimum absolute atomic E-state index is 0.0336. The lowest BCUT2D eigenvalue weighted by Crippen LogP contribution is -2.29. The Morgan fingerprint density at radius 1 is 1.12 bits per heavy atom. The molecule has 0 aliphatic heterocycles. The number of benzene rings is 2. The third kappa shape index (κ3) is 4.89. The molecule has 0 aliphatic carbocycles. The quantitative estimate of drug-likeness (QED) is 0.806. The predicted octanol–water partition coefficient (Wildman–Crippen LogP) is 2.89. The Kier molecular flexibility index (Phi) is 6.50. The van der Waals surface area contributed by atoms with Crippen molar-refractivity contribution in [3.8, 4) is 0 Å². The van der Waals surface area contributed by atoms with E-state index >= 15 is 0 Å². The van der Waals surface area contributed by atoms with Crippen molar-refractivity contribution in [3.05, 3.63) is 65.5 Å². The fourth-order valence-corrected chi connectivity index (χ4v) is 3.29. The second-order valence-corrected chi connectivity index (χ2v) is 7.97. The lowest BCUT2D eigenvalue weighted by molar-refractivity contribution is -0.131. The Balaban J connectivity index is 1.96. The Bertz CT molecular complexity index is 849. The first-order chi connectivity index (χ1) is 12.2. The highest BCUT2D eigenvalue weighted by atomic mass is 32.2. The van der Waals surface area contributed by atoms with Crippen molar-refractivity contribution in [1.29, 1.82) is 0 Å². The number of nitrogens with one attached hydrogen (secondary N) is 1. The molecule has 0 aliphatic rings. The van der Waals surface area contributed by atoms with Gasteiger partial charge in [0.25, 0.3) is 0 Å². The van der Waals surface area contributed by atoms with Gasteiger partial charge in [0.1, 0.15) is 5.82 Å². The third-order valence-corrected chi connectivity index (χ3v) is 5.89. The van der Waals surface area contributed by atoms with Gasteiger partial charge in [-0.25, -0.2) is 17.5 Å². The highest BCUT2D eigenvalue weighted by molar-refractivity contribution is 7.89. The van der Waals surface area contributed by atoms with Crippen molar-refractivity contribution in [1.82, 2.24) is 9.62 Å². The maximum atomic E-state index is 13.0. The lowest BCUT2D eigenvalue weighted by Gasteiger charge is -2.25. The summed E-state index contributed by atoms with van der Waals surface area (Å²) in [5.74, 6) is -0.340. The molecule has 0 aromatic heterocycles. The van der Waals surface area contributed by atoms with Gasteiger partial charge in [-0.05, 0) is 55.8 Å². The summed E-state index contributed by atoms with van der Waals surface area (Å²) in [7, 11) is -0.374. The lowest BCUT2D eigenvalue weighted by atomic mass is 10.1. The molecule has 1 amide bonds. The topological polar surface area (TPSA) is 66.5 Å². The minimum atomic E-state index is -3.46. The zero-order valence-electron chi connectivity index (χ0n) is 15.1. The first-order valence-electron chi connectivity index (χ1n) is 8.28. The van der Waals surface area contributed by atoms with Crippen LogP contribution in [0.15, 0.2) is 53.4 Å². The molecule has 1 atom stereocenters. The van der Waals surface area contributed by atoms with Gasteiger partial charge >= 0.3 is 0 Å². The van der Waals surface area contributed by atoms with Gasteiger partial charge in [-0.3, -0.25) is 4.79 Å². The number of hydrogen-bond acceptors (Lipinski definition) is 3. The van der Waals surface area contributed by atoms with Crippen molar-refractivity contribution in [2.75, 3.05) is 14.1 Å². The molecule has 26 heavy (non-hydrogen) atoms. The molecule has 1 N–H and O–H groups in total. The first kappa shape index (κ1) is 20.1. The maximum absolute atomic E-state index is 13.0. The van der Waals surface area contributed by atoms with Crippen LogP contribution in [-0.4, -0.2) is 33.3 Å². The van der Waals surface area contributed by atoms with Crippen molar-refractivity contribution in [2.45, 2.75) is 30.7 Å². The normalized spacial score (nSPS) is 12.6. The summed E-state index contributed by atoms with van der Waals surface area (Å²) < 4.78 is 38.7. The van der Waals surface area contributed by atoms with Crippen LogP contribution in [0.1, 0.15) is 30.5 Å². The molecule has 7 heteroatoms. The predicted molar refractivity (Wildman–Crippen MR) is 98.6 cm³/mol. The van der Waals surface area contributed by atoms with Gasteiger partial charge in [0, 0.05) is 13.5 Å². The number of rotatable bonds is 7. The van der Waals surface area contributed by atoms with Crippen LogP contribution in [-0.2, 0) is 21.2 Å². The molecule has 0 saturated heterocycles. The molecule has 0 radical (unpaired) electrons. The van der Waals surface area contributed by atoms with E-state index < -0.39 is 10.0 Å². The Morgan fingerprint density at radius 2 is 1.69 bits per heavy atom. The number of aryl methyl sites for hydroxylation is 1. The number of halogens is 1. The molecule has 2 aromatic carbocycles. The second kappa shape index (κ2) is 8.42. The van der Waals surface area contributed by atoms with Crippen LogP contribution >= 0.6 is 0 Å². The van der Waals surface area contributed by atoms with Crippen molar-refractivity contribution < 1.29 is 17.6 Å². The summed E-state index contributed by atoms with van der Waals surface area (Å²) in [5, 5.41) is 0. The molecule has 140 valence electrons. The summed E-state index contributed by atoms with van der Waals surface area (Å²) in [6.45, 7) is 1.89. The van der Waals surface area contributed by atoms with Crippen LogP contribution in [0.3, 0.4) is 0 Å². The molecule has 0 spiro atoms. The Labute approximate surface area is 153 Å². The molecular weight excluding hydrogens is 355 g/mol. The minimum Gasteiger partial charge on any atom is -0.339 e. The average molecular weight is 378 g/mol. The highest BCUT2D eigenvalue weighted by Crippen LogP contribution is 2.20. The van der Waals surface area contributed by atoms with E-state index in [1.165, 1.54) is 31.3 Å². The van der Waals surface area contributed by atoms with Crippen LogP contribution < -0.4 is 4.72 Å². The SMILES string of the molecule is CNS(=O)(=O)c1ccc(CCC(=O)N(C)C(C)c2ccc(F)cc2)cc1. The van der Waals surface area contributed by atoms with Crippen molar-refractivity contribution in [3.63, 3.8) is 0 Å². The van der Waals surface area contributed by atoms with E-state index in [4.69, 9.17) is 0 Å². The molecule has 0 bridgehead atoms. The fourth-order valence-electron chi connectivity index (χ4n) is 2.56. The smallest absolute Gasteiger partial charge is 0.240 e. The Morgan fingerprint density at radius 3 is 2.23 bits per heavy atom. The zero-order chi connectivity index (χ0) is 19.3. The Hall–Kier alpha value is -2.25. The third-order valence-electron chi connectivity index (χ3n) is 4.46. The summed E-state index contributed by atoms with van der Waals surface area (Å²) in [6, 6.07) is 12.4. The van der Waals surface area contributed by atoms with E-state index in [1.807, 2.05) is 6.92 Å². The summed E-state index contributed by atoms with van der Waals surface area (Å²) in [4.78, 5) is 14.2. The molecule has 0 fully saturated rings. The van der Waals surface area contributed by atoms with E-state index in [0.29, 0.717) is 12.8 Å². The molecule has 0 heterocycles. The van der Waals surface area contributed by atoms with Gasteiger partial charge in [-0.1, -0.05) is 24.3 Å². The zero-order valence-corrected chi connectivity index (χ0v) is 15.9. The maximum Gasteiger partial charge on any atom is 0.240 e. The average Bonchev–Trinajstić information content (AvgIpc) is 2.65. The van der Waals surface area contributed by atoms with Gasteiger partial charge < -0.3 is 4.90 Å². The van der Waals surface area contributed by atoms with Crippen molar-refractivity contribution in [2.24, 2.45) is 0 Å². The molecule has 5 nitrogen and oxygen atoms in total. The molecule has 0 saturated carbocycles.